The number of benzene rings is 1. The summed E-state index contributed by atoms with van der Waals surface area (Å²) in [5.41, 5.74) is 5.04. The first-order valence-corrected chi connectivity index (χ1v) is 6.30. The molecule has 17 heavy (non-hydrogen) atoms. The molecule has 0 bridgehead atoms. The Morgan fingerprint density at radius 3 is 2.47 bits per heavy atom. The number of nitrogens with one attached hydrogen (secondary N) is 1. The minimum Gasteiger partial charge on any atom is -0.383 e. The lowest BCUT2D eigenvalue weighted by Gasteiger charge is -2.35. The first kappa shape index (κ1) is 12.0. The lowest BCUT2D eigenvalue weighted by Crippen LogP contribution is -2.35. The van der Waals surface area contributed by atoms with E-state index < -0.39 is 0 Å². The second-order valence-electron chi connectivity index (χ2n) is 5.28. The van der Waals surface area contributed by atoms with E-state index in [-0.39, 0.29) is 5.41 Å². The summed E-state index contributed by atoms with van der Waals surface area (Å²) in [6, 6.07) is 6.74. The van der Waals surface area contributed by atoms with Crippen LogP contribution in [0.25, 0.3) is 0 Å². The van der Waals surface area contributed by atoms with Gasteiger partial charge in [-0.2, -0.15) is 5.26 Å². The van der Waals surface area contributed by atoms with Gasteiger partial charge in [0, 0.05) is 12.2 Å². The molecule has 0 radical (unpaired) electrons. The van der Waals surface area contributed by atoms with Crippen molar-refractivity contribution in [3.63, 3.8) is 0 Å². The van der Waals surface area contributed by atoms with Crippen LogP contribution < -0.4 is 5.32 Å². The van der Waals surface area contributed by atoms with E-state index in [4.69, 9.17) is 0 Å². The molecule has 1 aromatic carbocycles. The molecule has 90 valence electrons. The Morgan fingerprint density at radius 1 is 1.24 bits per heavy atom. The Hall–Kier alpha value is -1.49. The summed E-state index contributed by atoms with van der Waals surface area (Å²) in [4.78, 5) is 0. The van der Waals surface area contributed by atoms with E-state index in [1.807, 2.05) is 0 Å². The van der Waals surface area contributed by atoms with Crippen molar-refractivity contribution in [1.82, 2.24) is 0 Å². The molecule has 1 aliphatic carbocycles. The normalized spacial score (nSPS) is 17.1. The smallest absolute Gasteiger partial charge is 0.0746 e. The van der Waals surface area contributed by atoms with Gasteiger partial charge in [0.2, 0.25) is 0 Å². The molecule has 0 saturated heterocycles. The van der Waals surface area contributed by atoms with E-state index in [2.05, 4.69) is 44.3 Å². The second-order valence-corrected chi connectivity index (χ2v) is 5.28. The number of aryl methyl sites for hydroxylation is 1. The maximum absolute atomic E-state index is 9.19. The third-order valence-corrected chi connectivity index (χ3v) is 4.22. The predicted molar refractivity (Wildman–Crippen MR) is 71.0 cm³/mol. The number of anilines is 1. The number of hydrogen-bond acceptors (Lipinski definition) is 2. The molecule has 0 unspecified atom stereocenters. The minimum atomic E-state index is -0.106. The number of nitriles is 1. The van der Waals surface area contributed by atoms with Gasteiger partial charge in [0.15, 0.2) is 0 Å². The third-order valence-electron chi connectivity index (χ3n) is 4.22. The SMILES string of the molecule is Cc1ccc(NCC2(C#N)CCC2)c(C)c1C. The van der Waals surface area contributed by atoms with Crippen LogP contribution in [-0.2, 0) is 0 Å². The zero-order valence-corrected chi connectivity index (χ0v) is 10.9. The minimum absolute atomic E-state index is 0.106. The molecule has 0 spiro atoms. The molecule has 0 aromatic heterocycles. The molecule has 1 saturated carbocycles. The maximum Gasteiger partial charge on any atom is 0.0746 e. The van der Waals surface area contributed by atoms with Gasteiger partial charge in [0.05, 0.1) is 11.5 Å². The monoisotopic (exact) mass is 228 g/mol. The van der Waals surface area contributed by atoms with Crippen molar-refractivity contribution < 1.29 is 0 Å². The predicted octanol–water partition coefficient (Wildman–Crippen LogP) is 3.72. The second kappa shape index (κ2) is 4.41. The molecular formula is C15H20N2. The Morgan fingerprint density at radius 2 is 1.94 bits per heavy atom. The van der Waals surface area contributed by atoms with E-state index in [9.17, 15) is 5.26 Å². The van der Waals surface area contributed by atoms with E-state index in [0.717, 1.165) is 19.4 Å². The average Bonchev–Trinajstić information content (AvgIpc) is 2.28. The van der Waals surface area contributed by atoms with E-state index >= 15 is 0 Å². The van der Waals surface area contributed by atoms with Gasteiger partial charge in [-0.3, -0.25) is 0 Å². The molecule has 0 heterocycles. The summed E-state index contributed by atoms with van der Waals surface area (Å²) >= 11 is 0. The van der Waals surface area contributed by atoms with Crippen molar-refractivity contribution in [3.05, 3.63) is 28.8 Å². The Kier molecular flexibility index (Phi) is 3.11. The van der Waals surface area contributed by atoms with Crippen molar-refractivity contribution in [2.45, 2.75) is 40.0 Å². The molecule has 0 atom stereocenters. The van der Waals surface area contributed by atoms with Crippen LogP contribution in [0.15, 0.2) is 12.1 Å². The fourth-order valence-electron chi connectivity index (χ4n) is 2.34. The zero-order chi connectivity index (χ0) is 12.5. The van der Waals surface area contributed by atoms with Crippen molar-refractivity contribution in [2.75, 3.05) is 11.9 Å². The van der Waals surface area contributed by atoms with Crippen LogP contribution in [-0.4, -0.2) is 6.54 Å². The van der Waals surface area contributed by atoms with E-state index in [0.29, 0.717) is 0 Å². The van der Waals surface area contributed by atoms with Crippen molar-refractivity contribution in [2.24, 2.45) is 5.41 Å². The van der Waals surface area contributed by atoms with Crippen LogP contribution in [0, 0.1) is 37.5 Å². The Balaban J connectivity index is 2.10. The van der Waals surface area contributed by atoms with Crippen LogP contribution in [0.2, 0.25) is 0 Å². The van der Waals surface area contributed by atoms with Crippen LogP contribution in [0.1, 0.15) is 36.0 Å². The fraction of sp³-hybridized carbons (Fsp3) is 0.533. The van der Waals surface area contributed by atoms with Gasteiger partial charge in [-0.1, -0.05) is 12.5 Å². The highest BCUT2D eigenvalue weighted by molar-refractivity contribution is 5.56. The van der Waals surface area contributed by atoms with Gasteiger partial charge in [0.25, 0.3) is 0 Å². The number of rotatable bonds is 3. The molecule has 1 fully saturated rings. The summed E-state index contributed by atoms with van der Waals surface area (Å²) in [6.07, 6.45) is 3.28. The largest absolute Gasteiger partial charge is 0.383 e. The van der Waals surface area contributed by atoms with E-state index in [1.54, 1.807) is 0 Å². The van der Waals surface area contributed by atoms with Crippen LogP contribution in [0.4, 0.5) is 5.69 Å². The first-order chi connectivity index (χ1) is 8.08. The van der Waals surface area contributed by atoms with Crippen LogP contribution in [0.5, 0.6) is 0 Å². The molecule has 1 N–H and O–H groups in total. The Bertz CT molecular complexity index is 465. The molecule has 0 aliphatic heterocycles. The molecule has 1 aliphatic rings. The van der Waals surface area contributed by atoms with E-state index in [1.165, 1.54) is 28.8 Å². The molecule has 2 nitrogen and oxygen atoms in total. The van der Waals surface area contributed by atoms with Gasteiger partial charge in [-0.15, -0.1) is 0 Å². The van der Waals surface area contributed by atoms with Crippen molar-refractivity contribution >= 4 is 5.69 Å². The lowest BCUT2D eigenvalue weighted by atomic mass is 9.70. The maximum atomic E-state index is 9.19. The molecule has 2 rings (SSSR count). The van der Waals surface area contributed by atoms with Gasteiger partial charge >= 0.3 is 0 Å². The summed E-state index contributed by atoms with van der Waals surface area (Å²) in [5.74, 6) is 0. The highest BCUT2D eigenvalue weighted by atomic mass is 14.9. The zero-order valence-electron chi connectivity index (χ0n) is 10.9. The lowest BCUT2D eigenvalue weighted by molar-refractivity contribution is 0.233. The summed E-state index contributed by atoms with van der Waals surface area (Å²) in [6.45, 7) is 7.21. The summed E-state index contributed by atoms with van der Waals surface area (Å²) < 4.78 is 0. The average molecular weight is 228 g/mol. The molecule has 0 amide bonds. The van der Waals surface area contributed by atoms with Gasteiger partial charge in [-0.25, -0.2) is 0 Å². The molecule has 1 aromatic rings. The molecular weight excluding hydrogens is 208 g/mol. The standard InChI is InChI=1S/C15H20N2/c1-11-5-6-14(13(3)12(11)2)17-10-15(9-16)7-4-8-15/h5-6,17H,4,7-8,10H2,1-3H3. The number of nitrogens with zero attached hydrogens (tertiary/aromatic N) is 1. The van der Waals surface area contributed by atoms with Crippen molar-refractivity contribution in [3.8, 4) is 6.07 Å². The molecule has 2 heteroatoms. The van der Waals surface area contributed by atoms with Gasteiger partial charge in [0.1, 0.15) is 0 Å². The topological polar surface area (TPSA) is 35.8 Å². The Labute approximate surface area is 104 Å². The number of hydrogen-bond donors (Lipinski definition) is 1. The third kappa shape index (κ3) is 2.15. The quantitative estimate of drug-likeness (QED) is 0.856. The van der Waals surface area contributed by atoms with Crippen LogP contribution in [0.3, 0.4) is 0 Å². The van der Waals surface area contributed by atoms with Crippen molar-refractivity contribution in [1.29, 1.82) is 5.26 Å². The van der Waals surface area contributed by atoms with Crippen LogP contribution >= 0.6 is 0 Å². The highest BCUT2D eigenvalue weighted by Crippen LogP contribution is 2.40. The van der Waals surface area contributed by atoms with Gasteiger partial charge < -0.3 is 5.32 Å². The first-order valence-electron chi connectivity index (χ1n) is 6.30. The summed E-state index contributed by atoms with van der Waals surface area (Å²) in [7, 11) is 0. The summed E-state index contributed by atoms with van der Waals surface area (Å²) in [5, 5.41) is 12.6. The highest BCUT2D eigenvalue weighted by Gasteiger charge is 2.36. The van der Waals surface area contributed by atoms with Gasteiger partial charge in [-0.05, 0) is 56.4 Å². The fourth-order valence-corrected chi connectivity index (χ4v) is 2.34.